The van der Waals surface area contributed by atoms with Crippen LogP contribution in [-0.4, -0.2) is 24.8 Å². The van der Waals surface area contributed by atoms with E-state index in [4.69, 9.17) is 9.47 Å². The molecule has 14 heavy (non-hydrogen) atoms. The number of carbonyl (C=O) groups is 1. The summed E-state index contributed by atoms with van der Waals surface area (Å²) in [6.45, 7) is 3.37. The molecule has 0 bridgehead atoms. The minimum absolute atomic E-state index is 0.262. The fourth-order valence-corrected chi connectivity index (χ4v) is 2.45. The van der Waals surface area contributed by atoms with Crippen molar-refractivity contribution in [3.05, 3.63) is 0 Å². The Labute approximate surface area is 84.8 Å². The zero-order valence-corrected chi connectivity index (χ0v) is 8.75. The van der Waals surface area contributed by atoms with E-state index in [1.807, 2.05) is 6.92 Å². The van der Waals surface area contributed by atoms with E-state index >= 15 is 0 Å². The highest BCUT2D eigenvalue weighted by molar-refractivity contribution is 5.80. The van der Waals surface area contributed by atoms with Crippen LogP contribution < -0.4 is 0 Å². The summed E-state index contributed by atoms with van der Waals surface area (Å²) in [5, 5.41) is 0. The zero-order valence-electron chi connectivity index (χ0n) is 8.75. The number of hydrogen-bond donors (Lipinski definition) is 0. The lowest BCUT2D eigenvalue weighted by molar-refractivity contribution is -0.183. The molecule has 0 atom stereocenters. The van der Waals surface area contributed by atoms with Crippen molar-refractivity contribution >= 4 is 5.78 Å². The first-order valence-corrected chi connectivity index (χ1v) is 5.56. The molecular formula is C11H18O3. The average molecular weight is 198 g/mol. The molecule has 1 spiro atoms. The number of rotatable bonds is 2. The fraction of sp³-hybridized carbons (Fsp3) is 0.909. The van der Waals surface area contributed by atoms with Gasteiger partial charge in [-0.2, -0.15) is 0 Å². The van der Waals surface area contributed by atoms with E-state index in [1.54, 1.807) is 0 Å². The third-order valence-electron chi connectivity index (χ3n) is 3.36. The first-order chi connectivity index (χ1) is 6.76. The van der Waals surface area contributed by atoms with Gasteiger partial charge in [0.2, 0.25) is 0 Å². The lowest BCUT2D eigenvalue weighted by Gasteiger charge is -2.34. The van der Waals surface area contributed by atoms with Crippen molar-refractivity contribution in [3.63, 3.8) is 0 Å². The van der Waals surface area contributed by atoms with Gasteiger partial charge < -0.3 is 9.47 Å². The van der Waals surface area contributed by atoms with Crippen molar-refractivity contribution in [1.29, 1.82) is 0 Å². The van der Waals surface area contributed by atoms with Crippen LogP contribution in [-0.2, 0) is 14.3 Å². The molecule has 1 aliphatic carbocycles. The molecule has 0 amide bonds. The number of ketones is 1. The smallest absolute Gasteiger partial charge is 0.168 e. The topological polar surface area (TPSA) is 35.5 Å². The molecule has 2 fully saturated rings. The Hall–Kier alpha value is -0.410. The van der Waals surface area contributed by atoms with E-state index in [0.29, 0.717) is 25.4 Å². The molecule has 2 rings (SSSR count). The Morgan fingerprint density at radius 1 is 1.29 bits per heavy atom. The predicted octanol–water partition coefficient (Wildman–Crippen LogP) is 1.90. The first-order valence-electron chi connectivity index (χ1n) is 5.56. The third kappa shape index (κ3) is 1.84. The van der Waals surface area contributed by atoms with Crippen molar-refractivity contribution in [1.82, 2.24) is 0 Å². The van der Waals surface area contributed by atoms with Crippen LogP contribution in [0.4, 0.5) is 0 Å². The molecule has 3 nitrogen and oxygen atoms in total. The third-order valence-corrected chi connectivity index (χ3v) is 3.36. The molecule has 0 aromatic heterocycles. The van der Waals surface area contributed by atoms with E-state index in [1.165, 1.54) is 0 Å². The van der Waals surface area contributed by atoms with Gasteiger partial charge in [0, 0.05) is 25.2 Å². The molecule has 1 saturated carbocycles. The molecular weight excluding hydrogens is 180 g/mol. The van der Waals surface area contributed by atoms with Gasteiger partial charge in [0.25, 0.3) is 0 Å². The van der Waals surface area contributed by atoms with Crippen LogP contribution in [0.3, 0.4) is 0 Å². The summed E-state index contributed by atoms with van der Waals surface area (Å²) in [4.78, 5) is 11.5. The van der Waals surface area contributed by atoms with Crippen LogP contribution in [0.5, 0.6) is 0 Å². The van der Waals surface area contributed by atoms with Crippen molar-refractivity contribution in [2.75, 3.05) is 13.2 Å². The maximum Gasteiger partial charge on any atom is 0.168 e. The number of Topliss-reactive ketones (excluding diaryl/α,β-unsaturated/α-hetero) is 1. The van der Waals surface area contributed by atoms with Crippen molar-refractivity contribution < 1.29 is 14.3 Å². The quantitative estimate of drug-likeness (QED) is 0.679. The largest absolute Gasteiger partial charge is 0.348 e. The summed E-state index contributed by atoms with van der Waals surface area (Å²) in [6.07, 6.45) is 4.32. The Morgan fingerprint density at radius 3 is 2.36 bits per heavy atom. The Bertz CT molecular complexity index is 209. The average Bonchev–Trinajstić information content (AvgIpc) is 2.67. The lowest BCUT2D eigenvalue weighted by Crippen LogP contribution is -2.36. The van der Waals surface area contributed by atoms with E-state index in [2.05, 4.69) is 0 Å². The second kappa shape index (κ2) is 3.99. The Balaban J connectivity index is 1.88. The molecule has 0 N–H and O–H groups in total. The second-order valence-electron chi connectivity index (χ2n) is 4.20. The maximum absolute atomic E-state index is 11.5. The van der Waals surface area contributed by atoms with Gasteiger partial charge in [0.05, 0.1) is 13.2 Å². The zero-order chi connectivity index (χ0) is 10.0. The lowest BCUT2D eigenvalue weighted by atomic mass is 9.82. The van der Waals surface area contributed by atoms with Crippen molar-refractivity contribution in [3.8, 4) is 0 Å². The van der Waals surface area contributed by atoms with E-state index < -0.39 is 0 Å². The minimum atomic E-state index is -0.315. The van der Waals surface area contributed by atoms with Crippen LogP contribution in [0.15, 0.2) is 0 Å². The SMILES string of the molecule is CCC(=O)C1CCC2(CC1)OCCO2. The van der Waals surface area contributed by atoms with Crippen LogP contribution in [0.1, 0.15) is 39.0 Å². The van der Waals surface area contributed by atoms with E-state index in [0.717, 1.165) is 25.7 Å². The van der Waals surface area contributed by atoms with Gasteiger partial charge in [0.15, 0.2) is 5.79 Å². The highest BCUT2D eigenvalue weighted by Crippen LogP contribution is 2.38. The van der Waals surface area contributed by atoms with Gasteiger partial charge >= 0.3 is 0 Å². The van der Waals surface area contributed by atoms with Gasteiger partial charge in [-0.25, -0.2) is 0 Å². The number of carbonyl (C=O) groups excluding carboxylic acids is 1. The van der Waals surface area contributed by atoms with Gasteiger partial charge in [-0.3, -0.25) is 4.79 Å². The molecule has 1 aliphatic heterocycles. The molecule has 0 unspecified atom stereocenters. The van der Waals surface area contributed by atoms with Crippen LogP contribution in [0.25, 0.3) is 0 Å². The number of hydrogen-bond acceptors (Lipinski definition) is 3. The van der Waals surface area contributed by atoms with Gasteiger partial charge in [0.1, 0.15) is 5.78 Å². The fourth-order valence-electron chi connectivity index (χ4n) is 2.45. The van der Waals surface area contributed by atoms with Gasteiger partial charge in [-0.1, -0.05) is 6.92 Å². The van der Waals surface area contributed by atoms with Gasteiger partial charge in [-0.15, -0.1) is 0 Å². The summed E-state index contributed by atoms with van der Waals surface area (Å²) in [6, 6.07) is 0. The molecule has 0 radical (unpaired) electrons. The second-order valence-corrected chi connectivity index (χ2v) is 4.20. The van der Waals surface area contributed by atoms with Crippen LogP contribution in [0, 0.1) is 5.92 Å². The highest BCUT2D eigenvalue weighted by atomic mass is 16.7. The molecule has 0 aromatic carbocycles. The molecule has 0 aromatic rings. The Morgan fingerprint density at radius 2 is 1.86 bits per heavy atom. The van der Waals surface area contributed by atoms with E-state index in [-0.39, 0.29) is 11.7 Å². The molecule has 3 heteroatoms. The predicted molar refractivity (Wildman–Crippen MR) is 51.9 cm³/mol. The maximum atomic E-state index is 11.5. The van der Waals surface area contributed by atoms with Crippen LogP contribution in [0.2, 0.25) is 0 Å². The molecule has 80 valence electrons. The normalized spacial score (nSPS) is 26.9. The highest BCUT2D eigenvalue weighted by Gasteiger charge is 2.41. The monoisotopic (exact) mass is 198 g/mol. The van der Waals surface area contributed by atoms with Crippen molar-refractivity contribution in [2.24, 2.45) is 5.92 Å². The molecule has 1 heterocycles. The van der Waals surface area contributed by atoms with E-state index in [9.17, 15) is 4.79 Å². The summed E-state index contributed by atoms with van der Waals surface area (Å²) < 4.78 is 11.2. The van der Waals surface area contributed by atoms with Gasteiger partial charge in [-0.05, 0) is 12.8 Å². The Kier molecular flexibility index (Phi) is 2.88. The molecule has 1 saturated heterocycles. The number of ether oxygens (including phenoxy) is 2. The summed E-state index contributed by atoms with van der Waals surface area (Å²) in [5.41, 5.74) is 0. The first kappa shape index (κ1) is 10.1. The standard InChI is InChI=1S/C11H18O3/c1-2-10(12)9-3-5-11(6-4-9)13-7-8-14-11/h9H,2-8H2,1H3. The van der Waals surface area contributed by atoms with Crippen molar-refractivity contribution in [2.45, 2.75) is 44.8 Å². The summed E-state index contributed by atoms with van der Waals surface area (Å²) in [5.74, 6) is 0.348. The van der Waals surface area contributed by atoms with Crippen LogP contribution >= 0.6 is 0 Å². The summed E-state index contributed by atoms with van der Waals surface area (Å²) >= 11 is 0. The summed E-state index contributed by atoms with van der Waals surface area (Å²) in [7, 11) is 0. The molecule has 2 aliphatic rings. The minimum Gasteiger partial charge on any atom is -0.348 e.